The molecule has 2 amide bonds. The third-order valence-corrected chi connectivity index (χ3v) is 4.31. The van der Waals surface area contributed by atoms with Crippen LogP contribution in [0.1, 0.15) is 10.4 Å². The van der Waals surface area contributed by atoms with Crippen molar-refractivity contribution in [2.45, 2.75) is 0 Å². The van der Waals surface area contributed by atoms with Gasteiger partial charge in [-0.15, -0.1) is 0 Å². The van der Waals surface area contributed by atoms with Crippen molar-refractivity contribution in [3.05, 3.63) is 65.7 Å². The number of nitrogens with one attached hydrogen (secondary N) is 1. The zero-order valence-corrected chi connectivity index (χ0v) is 14.1. The fraction of sp³-hybridized carbons (Fsp3) is 0.263. The van der Waals surface area contributed by atoms with Crippen molar-refractivity contribution in [1.82, 2.24) is 10.2 Å². The summed E-state index contributed by atoms with van der Waals surface area (Å²) >= 11 is 0. The molecule has 2 aromatic carbocycles. The Hall–Kier alpha value is -2.96. The summed E-state index contributed by atoms with van der Waals surface area (Å²) in [5, 5.41) is 2.50. The summed E-state index contributed by atoms with van der Waals surface area (Å²) in [4.78, 5) is 27.7. The number of halogens is 2. The predicted octanol–water partition coefficient (Wildman–Crippen LogP) is 2.04. The standard InChI is InChI=1S/C19H19F2N3O2/c20-15-5-3-4-14(12-15)19(26)22-13-18(25)24-10-8-23(9-11-24)17-7-2-1-6-16(17)21/h1-7,12H,8-11,13H2,(H,22,26). The normalized spacial score (nSPS) is 14.2. The molecule has 1 N–H and O–H groups in total. The van der Waals surface area contributed by atoms with Gasteiger partial charge in [-0.2, -0.15) is 0 Å². The first-order valence-corrected chi connectivity index (χ1v) is 8.35. The summed E-state index contributed by atoms with van der Waals surface area (Å²) in [5.74, 6) is -1.51. The molecule has 1 heterocycles. The summed E-state index contributed by atoms with van der Waals surface area (Å²) in [6, 6.07) is 11.8. The summed E-state index contributed by atoms with van der Waals surface area (Å²) < 4.78 is 27.0. The van der Waals surface area contributed by atoms with Crippen LogP contribution in [0.25, 0.3) is 0 Å². The van der Waals surface area contributed by atoms with E-state index in [-0.39, 0.29) is 23.8 Å². The second-order valence-corrected chi connectivity index (χ2v) is 6.01. The van der Waals surface area contributed by atoms with E-state index in [2.05, 4.69) is 5.32 Å². The van der Waals surface area contributed by atoms with Crippen molar-refractivity contribution in [2.24, 2.45) is 0 Å². The smallest absolute Gasteiger partial charge is 0.251 e. The average Bonchev–Trinajstić information content (AvgIpc) is 2.66. The zero-order valence-electron chi connectivity index (χ0n) is 14.1. The number of rotatable bonds is 4. The molecule has 2 aromatic rings. The Labute approximate surface area is 150 Å². The Bertz CT molecular complexity index is 805. The molecule has 0 saturated carbocycles. The molecule has 0 atom stereocenters. The Morgan fingerprint density at radius 3 is 2.38 bits per heavy atom. The Kier molecular flexibility index (Phi) is 5.46. The maximum absolute atomic E-state index is 13.8. The number of hydrogen-bond donors (Lipinski definition) is 1. The predicted molar refractivity (Wildman–Crippen MR) is 93.9 cm³/mol. The van der Waals surface area contributed by atoms with Gasteiger partial charge in [0.1, 0.15) is 11.6 Å². The van der Waals surface area contributed by atoms with Crippen LogP contribution in [0.2, 0.25) is 0 Å². The van der Waals surface area contributed by atoms with E-state index < -0.39 is 11.7 Å². The SMILES string of the molecule is O=C(NCC(=O)N1CCN(c2ccccc2F)CC1)c1cccc(F)c1. The van der Waals surface area contributed by atoms with Gasteiger partial charge in [0.2, 0.25) is 5.91 Å². The second-order valence-electron chi connectivity index (χ2n) is 6.01. The summed E-state index contributed by atoms with van der Waals surface area (Å²) in [5.41, 5.74) is 0.696. The fourth-order valence-electron chi connectivity index (χ4n) is 2.90. The number of carbonyl (C=O) groups excluding carboxylic acids is 2. The van der Waals surface area contributed by atoms with Crippen LogP contribution in [0.15, 0.2) is 48.5 Å². The molecule has 1 fully saturated rings. The van der Waals surface area contributed by atoms with Crippen molar-refractivity contribution in [1.29, 1.82) is 0 Å². The number of hydrogen-bond acceptors (Lipinski definition) is 3. The summed E-state index contributed by atoms with van der Waals surface area (Å²) in [6.45, 7) is 1.77. The van der Waals surface area contributed by atoms with Gasteiger partial charge < -0.3 is 15.1 Å². The number of carbonyl (C=O) groups is 2. The number of piperazine rings is 1. The molecule has 0 aromatic heterocycles. The topological polar surface area (TPSA) is 52.7 Å². The minimum atomic E-state index is -0.506. The van der Waals surface area contributed by atoms with Crippen molar-refractivity contribution in [3.63, 3.8) is 0 Å². The van der Waals surface area contributed by atoms with Crippen LogP contribution in [-0.4, -0.2) is 49.4 Å². The Morgan fingerprint density at radius 2 is 1.69 bits per heavy atom. The van der Waals surface area contributed by atoms with Gasteiger partial charge in [-0.05, 0) is 30.3 Å². The number of para-hydroxylation sites is 1. The third kappa shape index (κ3) is 4.17. The highest BCUT2D eigenvalue weighted by Crippen LogP contribution is 2.20. The van der Waals surface area contributed by atoms with E-state index in [0.717, 1.165) is 6.07 Å². The lowest BCUT2D eigenvalue weighted by Gasteiger charge is -2.36. The maximum Gasteiger partial charge on any atom is 0.251 e. The number of benzene rings is 2. The summed E-state index contributed by atoms with van der Waals surface area (Å²) in [6.07, 6.45) is 0. The van der Waals surface area contributed by atoms with Crippen molar-refractivity contribution < 1.29 is 18.4 Å². The van der Waals surface area contributed by atoms with E-state index in [9.17, 15) is 18.4 Å². The molecular weight excluding hydrogens is 340 g/mol. The second kappa shape index (κ2) is 7.95. The Balaban J connectivity index is 1.49. The lowest BCUT2D eigenvalue weighted by Crippen LogP contribution is -2.51. The highest BCUT2D eigenvalue weighted by molar-refractivity contribution is 5.96. The molecule has 0 unspecified atom stereocenters. The first-order valence-electron chi connectivity index (χ1n) is 8.35. The number of nitrogens with zero attached hydrogens (tertiary/aromatic N) is 2. The van der Waals surface area contributed by atoms with Gasteiger partial charge in [-0.1, -0.05) is 18.2 Å². The molecule has 0 bridgehead atoms. The van der Waals surface area contributed by atoms with Gasteiger partial charge in [0, 0.05) is 31.7 Å². The van der Waals surface area contributed by atoms with Gasteiger partial charge in [-0.3, -0.25) is 9.59 Å². The van der Waals surface area contributed by atoms with Crippen LogP contribution in [0.5, 0.6) is 0 Å². The molecule has 1 aliphatic heterocycles. The Morgan fingerprint density at radius 1 is 0.962 bits per heavy atom. The van der Waals surface area contributed by atoms with Gasteiger partial charge in [0.05, 0.1) is 12.2 Å². The van der Waals surface area contributed by atoms with Crippen LogP contribution in [0.4, 0.5) is 14.5 Å². The van der Waals surface area contributed by atoms with E-state index in [1.165, 1.54) is 24.3 Å². The van der Waals surface area contributed by atoms with Crippen molar-refractivity contribution in [3.8, 4) is 0 Å². The quantitative estimate of drug-likeness (QED) is 0.909. The van der Waals surface area contributed by atoms with Gasteiger partial charge >= 0.3 is 0 Å². The average molecular weight is 359 g/mol. The molecule has 7 heteroatoms. The van der Waals surface area contributed by atoms with Gasteiger partial charge in [0.15, 0.2) is 0 Å². The van der Waals surface area contributed by atoms with E-state index in [4.69, 9.17) is 0 Å². The molecule has 5 nitrogen and oxygen atoms in total. The highest BCUT2D eigenvalue weighted by atomic mass is 19.1. The highest BCUT2D eigenvalue weighted by Gasteiger charge is 2.23. The van der Waals surface area contributed by atoms with Crippen LogP contribution in [0.3, 0.4) is 0 Å². The van der Waals surface area contributed by atoms with Gasteiger partial charge in [-0.25, -0.2) is 8.78 Å². The molecule has 0 spiro atoms. The third-order valence-electron chi connectivity index (χ3n) is 4.31. The zero-order chi connectivity index (χ0) is 18.5. The van der Waals surface area contributed by atoms with Crippen molar-refractivity contribution >= 4 is 17.5 Å². The van der Waals surface area contributed by atoms with E-state index in [0.29, 0.717) is 31.9 Å². The molecule has 1 saturated heterocycles. The molecule has 0 aliphatic carbocycles. The van der Waals surface area contributed by atoms with Crippen LogP contribution in [-0.2, 0) is 4.79 Å². The van der Waals surface area contributed by atoms with Crippen LogP contribution < -0.4 is 10.2 Å². The lowest BCUT2D eigenvalue weighted by molar-refractivity contribution is -0.130. The summed E-state index contributed by atoms with van der Waals surface area (Å²) in [7, 11) is 0. The van der Waals surface area contributed by atoms with E-state index in [1.807, 2.05) is 4.90 Å². The maximum atomic E-state index is 13.8. The molecular formula is C19H19F2N3O2. The number of anilines is 1. The van der Waals surface area contributed by atoms with E-state index in [1.54, 1.807) is 23.1 Å². The molecule has 3 rings (SSSR count). The lowest BCUT2D eigenvalue weighted by atomic mass is 10.2. The monoisotopic (exact) mass is 359 g/mol. The largest absolute Gasteiger partial charge is 0.366 e. The van der Waals surface area contributed by atoms with Crippen LogP contribution >= 0.6 is 0 Å². The first kappa shape index (κ1) is 17.8. The molecule has 136 valence electrons. The van der Waals surface area contributed by atoms with Crippen LogP contribution in [0, 0.1) is 11.6 Å². The minimum Gasteiger partial charge on any atom is -0.366 e. The fourth-order valence-corrected chi connectivity index (χ4v) is 2.90. The first-order chi connectivity index (χ1) is 12.5. The van der Waals surface area contributed by atoms with E-state index >= 15 is 0 Å². The number of amides is 2. The minimum absolute atomic E-state index is 0.158. The molecule has 26 heavy (non-hydrogen) atoms. The van der Waals surface area contributed by atoms with Crippen molar-refractivity contribution in [2.75, 3.05) is 37.6 Å². The molecule has 1 aliphatic rings. The van der Waals surface area contributed by atoms with Gasteiger partial charge in [0.25, 0.3) is 5.91 Å². The molecule has 0 radical (unpaired) electrons.